The van der Waals surface area contributed by atoms with Gasteiger partial charge < -0.3 is 10.2 Å². The Balaban J connectivity index is 2.00. The van der Waals surface area contributed by atoms with Crippen LogP contribution in [-0.2, 0) is 9.59 Å². The van der Waals surface area contributed by atoms with Crippen LogP contribution in [0.2, 0.25) is 5.02 Å². The maximum atomic E-state index is 12.2. The SMILES string of the molecule is CC(=O)N(CCC(=O)Nc1cc(C)cc(C)c1)c1ccc(Cl)cc1. The Labute approximate surface area is 147 Å². The molecule has 0 aliphatic heterocycles. The van der Waals surface area contributed by atoms with E-state index in [0.29, 0.717) is 11.6 Å². The summed E-state index contributed by atoms with van der Waals surface area (Å²) < 4.78 is 0. The van der Waals surface area contributed by atoms with Crippen molar-refractivity contribution in [2.45, 2.75) is 27.2 Å². The Morgan fingerprint density at radius 3 is 2.17 bits per heavy atom. The zero-order valence-corrected chi connectivity index (χ0v) is 14.9. The second kappa shape index (κ2) is 7.97. The van der Waals surface area contributed by atoms with Gasteiger partial charge in [0, 0.05) is 36.3 Å². The highest BCUT2D eigenvalue weighted by atomic mass is 35.5. The van der Waals surface area contributed by atoms with Gasteiger partial charge in [0.25, 0.3) is 0 Å². The third-order valence-corrected chi connectivity index (χ3v) is 3.84. The summed E-state index contributed by atoms with van der Waals surface area (Å²) in [5.74, 6) is -0.239. The van der Waals surface area contributed by atoms with Gasteiger partial charge in [0.05, 0.1) is 0 Å². The van der Waals surface area contributed by atoms with Crippen LogP contribution in [0.1, 0.15) is 24.5 Å². The molecular formula is C19H21ClN2O2. The van der Waals surface area contributed by atoms with Crippen LogP contribution in [-0.4, -0.2) is 18.4 Å². The smallest absolute Gasteiger partial charge is 0.226 e. The average Bonchev–Trinajstić information content (AvgIpc) is 2.47. The molecule has 0 spiro atoms. The molecule has 2 rings (SSSR count). The number of nitrogens with one attached hydrogen (secondary N) is 1. The highest BCUT2D eigenvalue weighted by Crippen LogP contribution is 2.19. The molecule has 0 aliphatic carbocycles. The zero-order chi connectivity index (χ0) is 17.7. The maximum Gasteiger partial charge on any atom is 0.226 e. The van der Waals surface area contributed by atoms with Crippen LogP contribution in [0.25, 0.3) is 0 Å². The van der Waals surface area contributed by atoms with Gasteiger partial charge in [-0.15, -0.1) is 0 Å². The van der Waals surface area contributed by atoms with Gasteiger partial charge in [-0.2, -0.15) is 0 Å². The fourth-order valence-corrected chi connectivity index (χ4v) is 2.70. The molecule has 1 N–H and O–H groups in total. The number of carbonyl (C=O) groups is 2. The van der Waals surface area contributed by atoms with Gasteiger partial charge in [0.2, 0.25) is 11.8 Å². The van der Waals surface area contributed by atoms with Crippen LogP contribution in [0.3, 0.4) is 0 Å². The van der Waals surface area contributed by atoms with Crippen LogP contribution in [0, 0.1) is 13.8 Å². The molecule has 0 radical (unpaired) electrons. The third-order valence-electron chi connectivity index (χ3n) is 3.59. The number of hydrogen-bond donors (Lipinski definition) is 1. The molecule has 0 saturated carbocycles. The highest BCUT2D eigenvalue weighted by Gasteiger charge is 2.13. The summed E-state index contributed by atoms with van der Waals surface area (Å²) in [4.78, 5) is 25.6. The number of amides is 2. The number of benzene rings is 2. The second-order valence-corrected chi connectivity index (χ2v) is 6.26. The molecule has 0 saturated heterocycles. The minimum absolute atomic E-state index is 0.114. The predicted molar refractivity (Wildman–Crippen MR) is 98.6 cm³/mol. The molecule has 0 atom stereocenters. The van der Waals surface area contributed by atoms with Crippen molar-refractivity contribution in [1.29, 1.82) is 0 Å². The minimum Gasteiger partial charge on any atom is -0.326 e. The molecule has 0 fully saturated rings. The van der Waals surface area contributed by atoms with Crippen LogP contribution < -0.4 is 10.2 Å². The first-order valence-electron chi connectivity index (χ1n) is 7.77. The molecule has 2 aromatic rings. The normalized spacial score (nSPS) is 10.3. The number of nitrogens with zero attached hydrogens (tertiary/aromatic N) is 1. The van der Waals surface area contributed by atoms with Crippen molar-refractivity contribution in [2.24, 2.45) is 0 Å². The standard InChI is InChI=1S/C19H21ClN2O2/c1-13-10-14(2)12-17(11-13)21-19(24)8-9-22(15(3)23)18-6-4-16(20)5-7-18/h4-7,10-12H,8-9H2,1-3H3,(H,21,24). The summed E-state index contributed by atoms with van der Waals surface area (Å²) in [6.45, 7) is 5.77. The zero-order valence-electron chi connectivity index (χ0n) is 14.1. The van der Waals surface area contributed by atoms with Crippen molar-refractivity contribution >= 4 is 34.8 Å². The summed E-state index contributed by atoms with van der Waals surface area (Å²) in [6.07, 6.45) is 0.217. The monoisotopic (exact) mass is 344 g/mol. The van der Waals surface area contributed by atoms with E-state index in [0.717, 1.165) is 22.5 Å². The number of rotatable bonds is 5. The van der Waals surface area contributed by atoms with Crippen LogP contribution in [0.4, 0.5) is 11.4 Å². The Morgan fingerprint density at radius 1 is 1.04 bits per heavy atom. The van der Waals surface area contributed by atoms with Gasteiger partial charge in [-0.05, 0) is 61.4 Å². The molecular weight excluding hydrogens is 324 g/mol. The lowest BCUT2D eigenvalue weighted by molar-refractivity contribution is -0.117. The fourth-order valence-electron chi connectivity index (χ4n) is 2.57. The number of carbonyl (C=O) groups excluding carboxylic acids is 2. The van der Waals surface area contributed by atoms with Gasteiger partial charge in [0.1, 0.15) is 0 Å². The number of anilines is 2. The lowest BCUT2D eigenvalue weighted by atomic mass is 10.1. The Bertz CT molecular complexity index is 721. The number of halogens is 1. The second-order valence-electron chi connectivity index (χ2n) is 5.82. The molecule has 0 unspecified atom stereocenters. The molecule has 0 aromatic heterocycles. The van der Waals surface area contributed by atoms with E-state index in [-0.39, 0.29) is 18.2 Å². The molecule has 2 aromatic carbocycles. The molecule has 0 bridgehead atoms. The van der Waals surface area contributed by atoms with Crippen molar-refractivity contribution in [3.05, 3.63) is 58.6 Å². The predicted octanol–water partition coefficient (Wildman–Crippen LogP) is 4.34. The van der Waals surface area contributed by atoms with Crippen molar-refractivity contribution < 1.29 is 9.59 Å². The van der Waals surface area contributed by atoms with Gasteiger partial charge in [-0.3, -0.25) is 9.59 Å². The van der Waals surface area contributed by atoms with E-state index < -0.39 is 0 Å². The van der Waals surface area contributed by atoms with Crippen molar-refractivity contribution in [1.82, 2.24) is 0 Å². The molecule has 0 heterocycles. The van der Waals surface area contributed by atoms with Crippen molar-refractivity contribution in [2.75, 3.05) is 16.8 Å². The van der Waals surface area contributed by atoms with E-state index in [2.05, 4.69) is 5.32 Å². The molecule has 24 heavy (non-hydrogen) atoms. The quantitative estimate of drug-likeness (QED) is 0.877. The topological polar surface area (TPSA) is 49.4 Å². The van der Waals surface area contributed by atoms with E-state index in [1.54, 1.807) is 29.2 Å². The maximum absolute atomic E-state index is 12.2. The van der Waals surface area contributed by atoms with E-state index in [1.807, 2.05) is 32.0 Å². The first-order valence-corrected chi connectivity index (χ1v) is 8.15. The first-order chi connectivity index (χ1) is 11.3. The lowest BCUT2D eigenvalue weighted by Gasteiger charge is -2.21. The van der Waals surface area contributed by atoms with E-state index in [9.17, 15) is 9.59 Å². The summed E-state index contributed by atoms with van der Waals surface area (Å²) in [6, 6.07) is 12.9. The highest BCUT2D eigenvalue weighted by molar-refractivity contribution is 6.30. The van der Waals surface area contributed by atoms with Gasteiger partial charge in [-0.25, -0.2) is 0 Å². The Hall–Kier alpha value is -2.33. The Morgan fingerprint density at radius 2 is 1.62 bits per heavy atom. The van der Waals surface area contributed by atoms with Crippen LogP contribution >= 0.6 is 11.6 Å². The van der Waals surface area contributed by atoms with Crippen LogP contribution in [0.15, 0.2) is 42.5 Å². The molecule has 126 valence electrons. The first kappa shape index (κ1) is 18.0. The fraction of sp³-hybridized carbons (Fsp3) is 0.263. The third kappa shape index (κ3) is 5.10. The number of hydrogen-bond acceptors (Lipinski definition) is 2. The molecule has 5 heteroatoms. The van der Waals surface area contributed by atoms with Crippen molar-refractivity contribution in [3.63, 3.8) is 0 Å². The largest absolute Gasteiger partial charge is 0.326 e. The molecule has 4 nitrogen and oxygen atoms in total. The summed E-state index contributed by atoms with van der Waals surface area (Å²) in [5.41, 5.74) is 3.69. The van der Waals surface area contributed by atoms with Gasteiger partial charge in [-0.1, -0.05) is 17.7 Å². The van der Waals surface area contributed by atoms with E-state index in [4.69, 9.17) is 11.6 Å². The summed E-state index contributed by atoms with van der Waals surface area (Å²) in [5, 5.41) is 3.49. The molecule has 2 amide bonds. The van der Waals surface area contributed by atoms with E-state index in [1.165, 1.54) is 6.92 Å². The average molecular weight is 345 g/mol. The summed E-state index contributed by atoms with van der Waals surface area (Å²) >= 11 is 5.87. The van der Waals surface area contributed by atoms with Gasteiger partial charge in [0.15, 0.2) is 0 Å². The lowest BCUT2D eigenvalue weighted by Crippen LogP contribution is -2.31. The number of aryl methyl sites for hydroxylation is 2. The van der Waals surface area contributed by atoms with Gasteiger partial charge >= 0.3 is 0 Å². The van der Waals surface area contributed by atoms with Crippen molar-refractivity contribution in [3.8, 4) is 0 Å². The minimum atomic E-state index is -0.125. The summed E-state index contributed by atoms with van der Waals surface area (Å²) in [7, 11) is 0. The molecule has 0 aliphatic rings. The Kier molecular flexibility index (Phi) is 5.99. The van der Waals surface area contributed by atoms with E-state index >= 15 is 0 Å². The van der Waals surface area contributed by atoms with Crippen LogP contribution in [0.5, 0.6) is 0 Å².